The van der Waals surface area contributed by atoms with Gasteiger partial charge in [0.2, 0.25) is 0 Å². The molecule has 1 N–H and O–H groups in total. The lowest BCUT2D eigenvalue weighted by atomic mass is 10.1. The number of allylic oxidation sites excluding steroid dienone is 1. The molecule has 0 radical (unpaired) electrons. The SMILES string of the molecule is C=Cc1c(/C=C\C)c2nc3nc(nc4c(C=C)c(C=C)c(nc1[nH]2)n4C)-c1ccccc1-3.CC.CC.CC.CC. The zero-order valence-electron chi connectivity index (χ0n) is 26.1. The van der Waals surface area contributed by atoms with E-state index in [1.54, 1.807) is 18.2 Å². The Kier molecular flexibility index (Phi) is 14.0. The van der Waals surface area contributed by atoms with Crippen molar-refractivity contribution >= 4 is 46.9 Å². The Morgan fingerprint density at radius 2 is 1.07 bits per heavy atom. The van der Waals surface area contributed by atoms with Crippen molar-refractivity contribution in [3.63, 3.8) is 0 Å². The van der Waals surface area contributed by atoms with Gasteiger partial charge in [0.1, 0.15) is 22.6 Å². The lowest BCUT2D eigenvalue weighted by Crippen LogP contribution is -1.93. The van der Waals surface area contributed by atoms with Gasteiger partial charge in [-0.05, 0) is 6.92 Å². The molecule has 5 rings (SSSR count). The second-order valence-electron chi connectivity index (χ2n) is 7.44. The molecule has 0 atom stereocenters. The van der Waals surface area contributed by atoms with Gasteiger partial charge in [-0.25, -0.2) is 19.9 Å². The Balaban J connectivity index is 0.000000921. The number of aromatic amines is 1. The molecular weight excluding hydrogens is 492 g/mol. The van der Waals surface area contributed by atoms with Gasteiger partial charge < -0.3 is 9.55 Å². The molecule has 6 heteroatoms. The Morgan fingerprint density at radius 1 is 0.625 bits per heavy atom. The second-order valence-corrected chi connectivity index (χ2v) is 7.44. The maximum atomic E-state index is 4.96. The molecule has 4 heterocycles. The lowest BCUT2D eigenvalue weighted by Gasteiger charge is -1.98. The lowest BCUT2D eigenvalue weighted by molar-refractivity contribution is 0.964. The first-order valence-electron chi connectivity index (χ1n) is 14.3. The van der Waals surface area contributed by atoms with Crippen LogP contribution in [0.3, 0.4) is 0 Å². The van der Waals surface area contributed by atoms with Crippen molar-refractivity contribution in [2.45, 2.75) is 62.3 Å². The molecule has 0 amide bonds. The van der Waals surface area contributed by atoms with E-state index in [0.29, 0.717) is 34.2 Å². The van der Waals surface area contributed by atoms with Gasteiger partial charge in [-0.1, -0.05) is 130 Å². The number of aromatic nitrogens is 6. The Labute approximate surface area is 240 Å². The van der Waals surface area contributed by atoms with Gasteiger partial charge in [0, 0.05) is 40.4 Å². The molecule has 0 aliphatic carbocycles. The molecule has 0 spiro atoms. The van der Waals surface area contributed by atoms with Crippen molar-refractivity contribution in [2.75, 3.05) is 0 Å². The number of aryl methyl sites for hydroxylation is 1. The fraction of sp³-hybridized carbons (Fsp3) is 0.294. The van der Waals surface area contributed by atoms with Gasteiger partial charge in [-0.3, -0.25) is 0 Å². The van der Waals surface area contributed by atoms with Gasteiger partial charge in [0.05, 0.1) is 0 Å². The smallest absolute Gasteiger partial charge is 0.164 e. The average Bonchev–Trinajstić information content (AvgIpc) is 3.62. The van der Waals surface area contributed by atoms with Crippen LogP contribution in [0.5, 0.6) is 0 Å². The van der Waals surface area contributed by atoms with E-state index >= 15 is 0 Å². The summed E-state index contributed by atoms with van der Waals surface area (Å²) >= 11 is 0. The van der Waals surface area contributed by atoms with E-state index in [9.17, 15) is 0 Å². The van der Waals surface area contributed by atoms with Gasteiger partial charge >= 0.3 is 0 Å². The standard InChI is InChI=1S/C26H22N6.4C2H6/c1-6-12-18-15(7-2)21-27-22(18)28-23-19-13-10-11-14-20(19)24(29-23)31-26-17(9-4)16(8-3)25(30-21)32(26)5;4*1-2/h6-14H,2-4H2,1,5H3,(H,27,28,29,30,31);4*1-2H3/b12-6-;;;;. The summed E-state index contributed by atoms with van der Waals surface area (Å²) in [4.78, 5) is 23.0. The van der Waals surface area contributed by atoms with E-state index in [1.807, 2.05) is 110 Å². The molecular formula is C34H46N6. The molecule has 1 aliphatic heterocycles. The van der Waals surface area contributed by atoms with Crippen LogP contribution in [0.15, 0.2) is 50.1 Å². The summed E-state index contributed by atoms with van der Waals surface area (Å²) in [7, 11) is 1.93. The third-order valence-corrected chi connectivity index (χ3v) is 5.66. The summed E-state index contributed by atoms with van der Waals surface area (Å²) in [5, 5.41) is 0. The highest BCUT2D eigenvalue weighted by molar-refractivity contribution is 5.90. The predicted molar refractivity (Wildman–Crippen MR) is 178 cm³/mol. The Hall–Kier alpha value is -4.32. The van der Waals surface area contributed by atoms with Crippen LogP contribution in [0.4, 0.5) is 0 Å². The number of nitrogens with zero attached hydrogens (tertiary/aromatic N) is 5. The van der Waals surface area contributed by atoms with Crippen LogP contribution in [-0.2, 0) is 7.05 Å². The van der Waals surface area contributed by atoms with Crippen molar-refractivity contribution in [3.05, 3.63) is 72.3 Å². The van der Waals surface area contributed by atoms with Crippen LogP contribution >= 0.6 is 0 Å². The van der Waals surface area contributed by atoms with Crippen LogP contribution in [0, 0.1) is 0 Å². The summed E-state index contributed by atoms with van der Waals surface area (Å²) in [6.45, 7) is 30.0. The van der Waals surface area contributed by atoms with Crippen molar-refractivity contribution in [1.29, 1.82) is 0 Å². The van der Waals surface area contributed by atoms with Gasteiger partial charge in [-0.15, -0.1) is 0 Å². The van der Waals surface area contributed by atoms with Gasteiger partial charge in [0.15, 0.2) is 11.6 Å². The summed E-state index contributed by atoms with van der Waals surface area (Å²) < 4.78 is 1.94. The minimum absolute atomic E-state index is 0.604. The maximum Gasteiger partial charge on any atom is 0.164 e. The van der Waals surface area contributed by atoms with Crippen molar-refractivity contribution in [3.8, 4) is 22.8 Å². The van der Waals surface area contributed by atoms with Crippen LogP contribution in [-0.4, -0.2) is 29.5 Å². The van der Waals surface area contributed by atoms with E-state index in [2.05, 4.69) is 24.7 Å². The zero-order chi connectivity index (χ0) is 30.4. The Bertz CT molecular complexity index is 1550. The fourth-order valence-electron chi connectivity index (χ4n) is 4.17. The minimum Gasteiger partial charge on any atom is -0.324 e. The third-order valence-electron chi connectivity index (χ3n) is 5.66. The number of fused-ring (bicyclic) bond motifs is 9. The molecule has 1 aliphatic rings. The van der Waals surface area contributed by atoms with E-state index < -0.39 is 0 Å². The first kappa shape index (κ1) is 33.7. The monoisotopic (exact) mass is 538 g/mol. The number of rotatable bonds is 4. The van der Waals surface area contributed by atoms with Crippen LogP contribution < -0.4 is 0 Å². The molecule has 0 saturated heterocycles. The summed E-state index contributed by atoms with van der Waals surface area (Å²) in [6, 6.07) is 7.98. The van der Waals surface area contributed by atoms with Gasteiger partial charge in [-0.2, -0.15) is 0 Å². The second kappa shape index (κ2) is 16.6. The topological polar surface area (TPSA) is 72.3 Å². The molecule has 6 bridgehead atoms. The molecule has 212 valence electrons. The summed E-state index contributed by atoms with van der Waals surface area (Å²) in [6.07, 6.45) is 9.33. The average molecular weight is 539 g/mol. The van der Waals surface area contributed by atoms with Crippen molar-refractivity contribution < 1.29 is 0 Å². The summed E-state index contributed by atoms with van der Waals surface area (Å²) in [5.41, 5.74) is 8.11. The molecule has 0 unspecified atom stereocenters. The van der Waals surface area contributed by atoms with E-state index in [4.69, 9.17) is 19.9 Å². The highest BCUT2D eigenvalue weighted by Gasteiger charge is 2.21. The largest absolute Gasteiger partial charge is 0.324 e. The number of nitrogens with one attached hydrogen (secondary N) is 1. The number of benzene rings is 1. The maximum absolute atomic E-state index is 4.96. The molecule has 4 aromatic rings. The molecule has 40 heavy (non-hydrogen) atoms. The molecule has 0 saturated carbocycles. The van der Waals surface area contributed by atoms with Crippen molar-refractivity contribution in [1.82, 2.24) is 29.5 Å². The van der Waals surface area contributed by atoms with E-state index in [-0.39, 0.29) is 0 Å². The fourth-order valence-corrected chi connectivity index (χ4v) is 4.17. The normalized spacial score (nSPS) is 9.95. The molecule has 1 aromatic carbocycles. The Morgan fingerprint density at radius 3 is 1.55 bits per heavy atom. The first-order valence-corrected chi connectivity index (χ1v) is 14.3. The van der Waals surface area contributed by atoms with Crippen LogP contribution in [0.2, 0.25) is 0 Å². The zero-order valence-corrected chi connectivity index (χ0v) is 26.1. The highest BCUT2D eigenvalue weighted by atomic mass is 15.1. The summed E-state index contributed by atoms with van der Waals surface area (Å²) in [5.74, 6) is 1.21. The van der Waals surface area contributed by atoms with E-state index in [1.165, 1.54) is 0 Å². The van der Waals surface area contributed by atoms with Crippen LogP contribution in [0.1, 0.15) is 84.6 Å². The highest BCUT2D eigenvalue weighted by Crippen LogP contribution is 2.35. The minimum atomic E-state index is 0.604. The van der Waals surface area contributed by atoms with Crippen LogP contribution in [0.25, 0.3) is 69.7 Å². The van der Waals surface area contributed by atoms with E-state index in [0.717, 1.165) is 33.4 Å². The quantitative estimate of drug-likeness (QED) is 0.247. The van der Waals surface area contributed by atoms with Gasteiger partial charge in [0.25, 0.3) is 0 Å². The predicted octanol–water partition coefficient (Wildman–Crippen LogP) is 10.1. The number of hydrogen-bond acceptors (Lipinski definition) is 4. The number of hydrogen-bond donors (Lipinski definition) is 1. The number of H-pyrrole nitrogens is 1. The van der Waals surface area contributed by atoms with Crippen molar-refractivity contribution in [2.24, 2.45) is 7.05 Å². The third kappa shape index (κ3) is 6.28. The molecule has 3 aromatic heterocycles. The molecule has 0 fully saturated rings. The first-order chi connectivity index (χ1) is 19.6. The molecule has 6 nitrogen and oxygen atoms in total.